The van der Waals surface area contributed by atoms with Gasteiger partial charge in [-0.05, 0) is 65.4 Å². The molecular formula is C15H12BrClINO. The molecule has 1 amide bonds. The fourth-order valence-corrected chi connectivity index (χ4v) is 2.80. The van der Waals surface area contributed by atoms with E-state index in [9.17, 15) is 4.79 Å². The Labute approximate surface area is 145 Å². The Morgan fingerprint density at radius 2 is 1.90 bits per heavy atom. The van der Waals surface area contributed by atoms with Gasteiger partial charge in [0, 0.05) is 13.1 Å². The summed E-state index contributed by atoms with van der Waals surface area (Å²) >= 11 is 11.5. The van der Waals surface area contributed by atoms with Crippen LogP contribution >= 0.6 is 50.1 Å². The molecule has 2 aromatic carbocycles. The molecule has 0 saturated heterocycles. The van der Waals surface area contributed by atoms with Crippen LogP contribution in [0.3, 0.4) is 0 Å². The zero-order chi connectivity index (χ0) is 14.7. The van der Waals surface area contributed by atoms with E-state index < -0.39 is 0 Å². The lowest BCUT2D eigenvalue weighted by atomic mass is 10.1. The van der Waals surface area contributed by atoms with Crippen molar-refractivity contribution in [2.75, 3.05) is 0 Å². The van der Waals surface area contributed by atoms with Gasteiger partial charge < -0.3 is 5.32 Å². The van der Waals surface area contributed by atoms with Crippen LogP contribution in [0.1, 0.15) is 28.9 Å². The van der Waals surface area contributed by atoms with Crippen LogP contribution in [0.25, 0.3) is 0 Å². The Morgan fingerprint density at radius 1 is 1.25 bits per heavy atom. The summed E-state index contributed by atoms with van der Waals surface area (Å²) < 4.78 is 1.90. The van der Waals surface area contributed by atoms with Gasteiger partial charge in [0.1, 0.15) is 0 Å². The summed E-state index contributed by atoms with van der Waals surface area (Å²) in [7, 11) is 0. The highest BCUT2D eigenvalue weighted by Crippen LogP contribution is 2.20. The first-order chi connectivity index (χ1) is 9.47. The maximum Gasteiger partial charge on any atom is 0.252 e. The van der Waals surface area contributed by atoms with E-state index in [4.69, 9.17) is 11.6 Å². The number of hydrogen-bond acceptors (Lipinski definition) is 1. The molecule has 0 saturated carbocycles. The van der Waals surface area contributed by atoms with Crippen molar-refractivity contribution in [3.63, 3.8) is 0 Å². The SMILES string of the molecule is C[C@H](NC(=O)c1cc(Cl)ccc1I)c1ccc(Br)cc1. The Hall–Kier alpha value is -0.590. The quantitative estimate of drug-likeness (QED) is 0.622. The number of rotatable bonds is 3. The van der Waals surface area contributed by atoms with Crippen LogP contribution in [-0.4, -0.2) is 5.91 Å². The summed E-state index contributed by atoms with van der Waals surface area (Å²) in [5.41, 5.74) is 1.65. The van der Waals surface area contributed by atoms with Crippen LogP contribution in [0, 0.1) is 3.57 Å². The van der Waals surface area contributed by atoms with Crippen molar-refractivity contribution < 1.29 is 4.79 Å². The number of benzene rings is 2. The third kappa shape index (κ3) is 3.96. The third-order valence-corrected chi connectivity index (χ3v) is 4.60. The minimum absolute atomic E-state index is 0.0645. The standard InChI is InChI=1S/C15H12BrClINO/c1-9(10-2-4-11(16)5-3-10)19-15(20)13-8-12(17)6-7-14(13)18/h2-9H,1H3,(H,19,20)/t9-/m0/s1. The monoisotopic (exact) mass is 463 g/mol. The van der Waals surface area contributed by atoms with E-state index in [1.807, 2.05) is 37.3 Å². The van der Waals surface area contributed by atoms with Crippen molar-refractivity contribution >= 4 is 56.0 Å². The smallest absolute Gasteiger partial charge is 0.252 e. The van der Waals surface area contributed by atoms with E-state index in [2.05, 4.69) is 43.8 Å². The summed E-state index contributed by atoms with van der Waals surface area (Å²) in [6.45, 7) is 1.96. The molecule has 5 heteroatoms. The van der Waals surface area contributed by atoms with E-state index in [0.29, 0.717) is 10.6 Å². The molecule has 0 bridgehead atoms. The Morgan fingerprint density at radius 3 is 2.55 bits per heavy atom. The minimum atomic E-state index is -0.118. The number of carbonyl (C=O) groups is 1. The molecule has 0 heterocycles. The predicted octanol–water partition coefficient (Wildman–Crippen LogP) is 5.20. The summed E-state index contributed by atoms with van der Waals surface area (Å²) in [6.07, 6.45) is 0. The van der Waals surface area contributed by atoms with Crippen LogP contribution in [0.2, 0.25) is 5.02 Å². The molecule has 2 aromatic rings. The lowest BCUT2D eigenvalue weighted by molar-refractivity contribution is 0.0939. The summed E-state index contributed by atoms with van der Waals surface area (Å²) in [4.78, 5) is 12.3. The second kappa shape index (κ2) is 6.91. The number of carbonyl (C=O) groups excluding carboxylic acids is 1. The average molecular weight is 465 g/mol. The van der Waals surface area contributed by atoms with Gasteiger partial charge in [0.15, 0.2) is 0 Å². The zero-order valence-corrected chi connectivity index (χ0v) is 15.2. The molecule has 0 unspecified atom stereocenters. The van der Waals surface area contributed by atoms with Crippen molar-refractivity contribution in [2.24, 2.45) is 0 Å². The van der Waals surface area contributed by atoms with Crippen molar-refractivity contribution in [1.82, 2.24) is 5.32 Å². The molecule has 1 atom stereocenters. The molecule has 0 aliphatic carbocycles. The molecule has 0 aliphatic heterocycles. The second-order valence-electron chi connectivity index (χ2n) is 4.37. The Kier molecular flexibility index (Phi) is 5.46. The highest BCUT2D eigenvalue weighted by molar-refractivity contribution is 14.1. The van der Waals surface area contributed by atoms with Crippen molar-refractivity contribution in [3.05, 3.63) is 66.7 Å². The zero-order valence-electron chi connectivity index (χ0n) is 10.7. The molecule has 0 aliphatic rings. The highest BCUT2D eigenvalue weighted by Gasteiger charge is 2.14. The molecule has 0 fully saturated rings. The summed E-state index contributed by atoms with van der Waals surface area (Å²) in [5, 5.41) is 3.54. The van der Waals surface area contributed by atoms with E-state index in [1.165, 1.54) is 0 Å². The molecular weight excluding hydrogens is 452 g/mol. The molecule has 0 spiro atoms. The third-order valence-electron chi connectivity index (χ3n) is 2.89. The van der Waals surface area contributed by atoms with E-state index in [-0.39, 0.29) is 11.9 Å². The van der Waals surface area contributed by atoms with Crippen molar-refractivity contribution in [2.45, 2.75) is 13.0 Å². The van der Waals surface area contributed by atoms with Gasteiger partial charge in [0.05, 0.1) is 11.6 Å². The minimum Gasteiger partial charge on any atom is -0.345 e. The second-order valence-corrected chi connectivity index (χ2v) is 6.89. The number of nitrogens with one attached hydrogen (secondary N) is 1. The van der Waals surface area contributed by atoms with Crippen LogP contribution in [0.4, 0.5) is 0 Å². The van der Waals surface area contributed by atoms with Crippen molar-refractivity contribution in [1.29, 1.82) is 0 Å². The summed E-state index contributed by atoms with van der Waals surface area (Å²) in [6, 6.07) is 13.1. The fraction of sp³-hybridized carbons (Fsp3) is 0.133. The molecule has 2 nitrogen and oxygen atoms in total. The van der Waals surface area contributed by atoms with Gasteiger partial charge in [-0.15, -0.1) is 0 Å². The number of halogens is 3. The largest absolute Gasteiger partial charge is 0.345 e. The molecule has 0 radical (unpaired) electrons. The Balaban J connectivity index is 2.15. The molecule has 104 valence electrons. The number of hydrogen-bond donors (Lipinski definition) is 1. The van der Waals surface area contributed by atoms with Gasteiger partial charge in [-0.25, -0.2) is 0 Å². The predicted molar refractivity (Wildman–Crippen MR) is 94.2 cm³/mol. The van der Waals surface area contributed by atoms with E-state index in [0.717, 1.165) is 13.6 Å². The van der Waals surface area contributed by atoms with Gasteiger partial charge in [0.2, 0.25) is 0 Å². The van der Waals surface area contributed by atoms with Gasteiger partial charge in [-0.2, -0.15) is 0 Å². The maximum atomic E-state index is 12.3. The topological polar surface area (TPSA) is 29.1 Å². The van der Waals surface area contributed by atoms with Crippen LogP contribution in [0.5, 0.6) is 0 Å². The lowest BCUT2D eigenvalue weighted by Gasteiger charge is -2.15. The molecule has 2 rings (SSSR count). The molecule has 20 heavy (non-hydrogen) atoms. The van der Waals surface area contributed by atoms with E-state index >= 15 is 0 Å². The first-order valence-electron chi connectivity index (χ1n) is 5.99. The number of amides is 1. The average Bonchev–Trinajstić information content (AvgIpc) is 2.42. The van der Waals surface area contributed by atoms with Gasteiger partial charge in [-0.3, -0.25) is 4.79 Å². The fourth-order valence-electron chi connectivity index (χ4n) is 1.78. The first-order valence-corrected chi connectivity index (χ1v) is 8.23. The first kappa shape index (κ1) is 15.8. The van der Waals surface area contributed by atoms with Gasteiger partial charge >= 0.3 is 0 Å². The maximum absolute atomic E-state index is 12.3. The van der Waals surface area contributed by atoms with Crippen LogP contribution < -0.4 is 5.32 Å². The van der Waals surface area contributed by atoms with Crippen LogP contribution in [-0.2, 0) is 0 Å². The van der Waals surface area contributed by atoms with Crippen LogP contribution in [0.15, 0.2) is 46.9 Å². The highest BCUT2D eigenvalue weighted by atomic mass is 127. The normalized spacial score (nSPS) is 12.0. The molecule has 0 aromatic heterocycles. The lowest BCUT2D eigenvalue weighted by Crippen LogP contribution is -2.27. The molecule has 1 N–H and O–H groups in total. The Bertz CT molecular complexity index is 630. The van der Waals surface area contributed by atoms with Crippen molar-refractivity contribution in [3.8, 4) is 0 Å². The van der Waals surface area contributed by atoms with Gasteiger partial charge in [-0.1, -0.05) is 39.7 Å². The van der Waals surface area contributed by atoms with E-state index in [1.54, 1.807) is 12.1 Å². The summed E-state index contributed by atoms with van der Waals surface area (Å²) in [5.74, 6) is -0.118. The van der Waals surface area contributed by atoms with Gasteiger partial charge in [0.25, 0.3) is 5.91 Å².